The first-order valence-electron chi connectivity index (χ1n) is 10.7. The van der Waals surface area contributed by atoms with Gasteiger partial charge in [0.1, 0.15) is 5.37 Å². The fraction of sp³-hybridized carbons (Fsp3) is 0.0769. The molecule has 1 aliphatic heterocycles. The molecule has 0 bridgehead atoms. The molecule has 0 spiro atoms. The van der Waals surface area contributed by atoms with Crippen LogP contribution in [0.1, 0.15) is 27.0 Å². The molecule has 1 atom stereocenters. The fourth-order valence-electron chi connectivity index (χ4n) is 3.58. The SMILES string of the molecule is N#CN(C(N)=O)c1cccc(C(=O)Nc2ccn3c2CSC3c2cccnc2)c1.c1ccccc1. The van der Waals surface area contributed by atoms with Crippen molar-refractivity contribution >= 4 is 35.1 Å². The van der Waals surface area contributed by atoms with E-state index in [0.717, 1.165) is 27.6 Å². The van der Waals surface area contributed by atoms with Crippen molar-refractivity contribution in [1.29, 1.82) is 5.26 Å². The van der Waals surface area contributed by atoms with Crippen LogP contribution in [-0.2, 0) is 5.75 Å². The number of nitrogens with one attached hydrogen (secondary N) is 1. The number of fused-ring (bicyclic) bond motifs is 1. The minimum Gasteiger partial charge on any atom is -0.350 e. The van der Waals surface area contributed by atoms with Crippen LogP contribution < -0.4 is 16.0 Å². The number of anilines is 2. The Morgan fingerprint density at radius 1 is 1.09 bits per heavy atom. The topological polar surface area (TPSA) is 117 Å². The predicted octanol–water partition coefficient (Wildman–Crippen LogP) is 4.98. The lowest BCUT2D eigenvalue weighted by molar-refractivity contribution is 0.102. The van der Waals surface area contributed by atoms with E-state index in [0.29, 0.717) is 5.56 Å². The number of rotatable bonds is 4. The van der Waals surface area contributed by atoms with Gasteiger partial charge in [0.15, 0.2) is 6.19 Å². The number of urea groups is 1. The molecule has 174 valence electrons. The third-order valence-electron chi connectivity index (χ3n) is 5.23. The maximum Gasteiger partial charge on any atom is 0.332 e. The van der Waals surface area contributed by atoms with Gasteiger partial charge >= 0.3 is 6.03 Å². The van der Waals surface area contributed by atoms with Gasteiger partial charge in [-0.1, -0.05) is 48.5 Å². The molecule has 4 aromatic rings. The second kappa shape index (κ2) is 11.0. The maximum absolute atomic E-state index is 12.7. The molecule has 2 aromatic carbocycles. The molecule has 1 aliphatic rings. The summed E-state index contributed by atoms with van der Waals surface area (Å²) in [7, 11) is 0. The Balaban J connectivity index is 0.000000421. The second-order valence-corrected chi connectivity index (χ2v) is 8.53. The normalized spacial score (nSPS) is 13.5. The summed E-state index contributed by atoms with van der Waals surface area (Å²) in [6.07, 6.45) is 7.23. The summed E-state index contributed by atoms with van der Waals surface area (Å²) in [5.41, 5.74) is 8.59. The quantitative estimate of drug-likeness (QED) is 0.314. The van der Waals surface area contributed by atoms with Crippen LogP contribution >= 0.6 is 11.8 Å². The number of nitriles is 1. The number of primary amides is 1. The molecule has 0 saturated heterocycles. The summed E-state index contributed by atoms with van der Waals surface area (Å²) in [5.74, 6) is 0.421. The molecular weight excluding hydrogens is 460 g/mol. The molecule has 9 heteroatoms. The van der Waals surface area contributed by atoms with Crippen molar-refractivity contribution in [2.24, 2.45) is 5.73 Å². The van der Waals surface area contributed by atoms with Crippen molar-refractivity contribution < 1.29 is 9.59 Å². The first kappa shape index (κ1) is 23.6. The van der Waals surface area contributed by atoms with E-state index >= 15 is 0 Å². The van der Waals surface area contributed by atoms with E-state index < -0.39 is 6.03 Å². The van der Waals surface area contributed by atoms with Gasteiger partial charge in [-0.25, -0.2) is 4.79 Å². The highest BCUT2D eigenvalue weighted by atomic mass is 32.2. The van der Waals surface area contributed by atoms with Crippen LogP contribution in [0.5, 0.6) is 0 Å². The first-order chi connectivity index (χ1) is 17.1. The van der Waals surface area contributed by atoms with Gasteiger partial charge in [0.25, 0.3) is 5.91 Å². The molecule has 0 aliphatic carbocycles. The van der Waals surface area contributed by atoms with E-state index in [2.05, 4.69) is 14.9 Å². The Labute approximate surface area is 207 Å². The largest absolute Gasteiger partial charge is 0.350 e. The molecule has 0 saturated carbocycles. The third kappa shape index (κ3) is 5.51. The number of carbonyl (C=O) groups excluding carboxylic acids is 2. The minimum absolute atomic E-state index is 0.118. The van der Waals surface area contributed by atoms with Crippen molar-refractivity contribution in [3.63, 3.8) is 0 Å². The van der Waals surface area contributed by atoms with Crippen LogP contribution in [0.15, 0.2) is 97.5 Å². The van der Waals surface area contributed by atoms with Crippen molar-refractivity contribution in [2.75, 3.05) is 10.2 Å². The van der Waals surface area contributed by atoms with E-state index in [1.54, 1.807) is 36.3 Å². The Hall–Kier alpha value is -4.55. The second-order valence-electron chi connectivity index (χ2n) is 7.47. The number of hydrogen-bond donors (Lipinski definition) is 2. The van der Waals surface area contributed by atoms with E-state index in [-0.39, 0.29) is 17.0 Å². The standard InChI is InChI=1S/C20H16N6O2S.C6H6/c21-12-26(20(22)28)15-5-1-3-13(9-15)18(27)24-16-6-8-25-17(16)11-29-19(25)14-4-2-7-23-10-14;1-2-4-6-5-3-1/h1-10,19H,11H2,(H2,22,28)(H,24,27);1-6H. The predicted molar refractivity (Wildman–Crippen MR) is 137 cm³/mol. The zero-order valence-electron chi connectivity index (χ0n) is 18.6. The average molecular weight is 483 g/mol. The number of amides is 3. The monoisotopic (exact) mass is 482 g/mol. The fourth-order valence-corrected chi connectivity index (χ4v) is 4.89. The summed E-state index contributed by atoms with van der Waals surface area (Å²) in [6.45, 7) is 0. The minimum atomic E-state index is -0.909. The summed E-state index contributed by atoms with van der Waals surface area (Å²) in [6, 6.07) is 23.1. The van der Waals surface area contributed by atoms with Crippen LogP contribution in [0.4, 0.5) is 16.2 Å². The molecule has 8 nitrogen and oxygen atoms in total. The Kier molecular flexibility index (Phi) is 7.45. The third-order valence-corrected chi connectivity index (χ3v) is 6.48. The summed E-state index contributed by atoms with van der Waals surface area (Å²) >= 11 is 1.76. The number of nitrogens with zero attached hydrogens (tertiary/aromatic N) is 4. The van der Waals surface area contributed by atoms with E-state index in [4.69, 9.17) is 11.0 Å². The molecule has 3 amide bonds. The number of carbonyl (C=O) groups is 2. The number of thioether (sulfide) groups is 1. The molecule has 35 heavy (non-hydrogen) atoms. The Morgan fingerprint density at radius 2 is 1.83 bits per heavy atom. The highest BCUT2D eigenvalue weighted by Crippen LogP contribution is 2.43. The van der Waals surface area contributed by atoms with Gasteiger partial charge in [0, 0.05) is 35.5 Å². The number of aromatic nitrogens is 2. The average Bonchev–Trinajstić information content (AvgIpc) is 3.49. The van der Waals surface area contributed by atoms with Gasteiger partial charge in [-0.15, -0.1) is 11.8 Å². The summed E-state index contributed by atoms with van der Waals surface area (Å²) in [4.78, 5) is 29.0. The number of nitrogens with two attached hydrogens (primary N) is 1. The van der Waals surface area contributed by atoms with E-state index in [1.807, 2.05) is 67.0 Å². The van der Waals surface area contributed by atoms with Crippen molar-refractivity contribution in [1.82, 2.24) is 9.55 Å². The van der Waals surface area contributed by atoms with Gasteiger partial charge in [-0.2, -0.15) is 10.2 Å². The van der Waals surface area contributed by atoms with E-state index in [9.17, 15) is 9.59 Å². The molecule has 0 fully saturated rings. The molecular formula is C26H22N6O2S. The Morgan fingerprint density at radius 3 is 2.46 bits per heavy atom. The highest BCUT2D eigenvalue weighted by molar-refractivity contribution is 7.99. The van der Waals surface area contributed by atoms with E-state index in [1.165, 1.54) is 12.1 Å². The van der Waals surface area contributed by atoms with Crippen molar-refractivity contribution in [3.8, 4) is 6.19 Å². The lowest BCUT2D eigenvalue weighted by Crippen LogP contribution is -2.31. The van der Waals surface area contributed by atoms with Gasteiger partial charge in [0.2, 0.25) is 0 Å². The zero-order valence-corrected chi connectivity index (χ0v) is 19.4. The lowest BCUT2D eigenvalue weighted by Gasteiger charge is -2.12. The van der Waals surface area contributed by atoms with Crippen LogP contribution in [0.3, 0.4) is 0 Å². The van der Waals surface area contributed by atoms with Gasteiger partial charge in [0.05, 0.1) is 17.1 Å². The van der Waals surface area contributed by atoms with Crippen LogP contribution in [0.25, 0.3) is 0 Å². The zero-order chi connectivity index (χ0) is 24.6. The van der Waals surface area contributed by atoms with Gasteiger partial charge in [-0.05, 0) is 30.3 Å². The number of pyridine rings is 1. The first-order valence-corrected chi connectivity index (χ1v) is 11.8. The number of benzene rings is 2. The van der Waals surface area contributed by atoms with Crippen LogP contribution in [0, 0.1) is 11.5 Å². The molecule has 2 aromatic heterocycles. The Bertz CT molecular complexity index is 1320. The van der Waals surface area contributed by atoms with Gasteiger partial charge < -0.3 is 15.6 Å². The maximum atomic E-state index is 12.7. The van der Waals surface area contributed by atoms with Crippen molar-refractivity contribution in [3.05, 3.63) is 114 Å². The number of hydrogen-bond acceptors (Lipinski definition) is 5. The summed E-state index contributed by atoms with van der Waals surface area (Å²) < 4.78 is 2.12. The van der Waals surface area contributed by atoms with Crippen LogP contribution in [-0.4, -0.2) is 21.5 Å². The van der Waals surface area contributed by atoms with Gasteiger partial charge in [-0.3, -0.25) is 9.78 Å². The molecule has 1 unspecified atom stereocenters. The van der Waals surface area contributed by atoms with Crippen LogP contribution in [0.2, 0.25) is 0 Å². The summed E-state index contributed by atoms with van der Waals surface area (Å²) in [5, 5.41) is 12.1. The molecule has 5 rings (SSSR count). The molecule has 3 heterocycles. The molecule has 0 radical (unpaired) electrons. The van der Waals surface area contributed by atoms with Crippen molar-refractivity contribution in [2.45, 2.75) is 11.1 Å². The highest BCUT2D eigenvalue weighted by Gasteiger charge is 2.27. The smallest absolute Gasteiger partial charge is 0.332 e. The molecule has 3 N–H and O–H groups in total. The lowest BCUT2D eigenvalue weighted by atomic mass is 10.1.